The van der Waals surface area contributed by atoms with E-state index in [1.165, 1.54) is 0 Å². The first-order chi connectivity index (χ1) is 9.29. The smallest absolute Gasteiger partial charge is 0.406 e. The van der Waals surface area contributed by atoms with Crippen molar-refractivity contribution in [3.05, 3.63) is 24.3 Å². The molecule has 1 heterocycles. The number of hydrogen-bond acceptors (Lipinski definition) is 4. The molecular formula is C12H15ClF3NO3S. The van der Waals surface area contributed by atoms with Crippen molar-refractivity contribution in [2.75, 3.05) is 13.1 Å². The van der Waals surface area contributed by atoms with Crippen LogP contribution in [0.2, 0.25) is 0 Å². The standard InChI is InChI=1S/C12H14F3NO3S.ClH/c13-12(14,15)19-9-1-3-10(4-2-9)20(17,18)11-5-7-16-8-6-11;/h1-4,11,16H,5-8H2;1H. The molecule has 0 atom stereocenters. The second kappa shape index (κ2) is 6.85. The van der Waals surface area contributed by atoms with E-state index < -0.39 is 27.2 Å². The minimum atomic E-state index is -4.78. The van der Waals surface area contributed by atoms with E-state index in [4.69, 9.17) is 0 Å². The molecule has 0 spiro atoms. The summed E-state index contributed by atoms with van der Waals surface area (Å²) in [5.41, 5.74) is 0. The maximum Gasteiger partial charge on any atom is 0.573 e. The Morgan fingerprint density at radius 3 is 2.10 bits per heavy atom. The molecule has 4 nitrogen and oxygen atoms in total. The highest BCUT2D eigenvalue weighted by Gasteiger charge is 2.32. The van der Waals surface area contributed by atoms with E-state index in [9.17, 15) is 21.6 Å². The normalized spacial score (nSPS) is 17.1. The Kier molecular flexibility index (Phi) is 5.89. The van der Waals surface area contributed by atoms with Gasteiger partial charge in [0, 0.05) is 0 Å². The first-order valence-electron chi connectivity index (χ1n) is 6.09. The molecule has 1 aliphatic heterocycles. The Bertz CT molecular complexity index is 554. The van der Waals surface area contributed by atoms with Crippen LogP contribution in [-0.2, 0) is 9.84 Å². The number of nitrogens with one attached hydrogen (secondary N) is 1. The minimum absolute atomic E-state index is 0. The molecule has 0 radical (unpaired) electrons. The van der Waals surface area contributed by atoms with Gasteiger partial charge in [0.1, 0.15) is 5.75 Å². The lowest BCUT2D eigenvalue weighted by molar-refractivity contribution is -0.274. The number of piperidine rings is 1. The lowest BCUT2D eigenvalue weighted by atomic mass is 10.2. The third-order valence-electron chi connectivity index (χ3n) is 3.11. The first-order valence-corrected chi connectivity index (χ1v) is 7.64. The summed E-state index contributed by atoms with van der Waals surface area (Å²) in [6.45, 7) is 1.25. The molecule has 0 bridgehead atoms. The third kappa shape index (κ3) is 4.76. The number of alkyl halides is 3. The van der Waals surface area contributed by atoms with Gasteiger partial charge in [-0.3, -0.25) is 0 Å². The van der Waals surface area contributed by atoms with Crippen LogP contribution in [0.1, 0.15) is 12.8 Å². The maximum atomic E-state index is 12.3. The molecule has 0 amide bonds. The molecule has 0 unspecified atom stereocenters. The van der Waals surface area contributed by atoms with Gasteiger partial charge >= 0.3 is 6.36 Å². The summed E-state index contributed by atoms with van der Waals surface area (Å²) >= 11 is 0. The molecule has 0 saturated carbocycles. The molecule has 120 valence electrons. The van der Waals surface area contributed by atoms with E-state index in [0.717, 1.165) is 24.3 Å². The van der Waals surface area contributed by atoms with Crippen molar-refractivity contribution in [3.63, 3.8) is 0 Å². The Hall–Kier alpha value is -0.990. The highest BCUT2D eigenvalue weighted by molar-refractivity contribution is 7.92. The molecule has 21 heavy (non-hydrogen) atoms. The number of benzene rings is 1. The van der Waals surface area contributed by atoms with Crippen LogP contribution in [0.4, 0.5) is 13.2 Å². The van der Waals surface area contributed by atoms with Crippen molar-refractivity contribution in [1.29, 1.82) is 0 Å². The van der Waals surface area contributed by atoms with E-state index in [-0.39, 0.29) is 17.3 Å². The predicted octanol–water partition coefficient (Wildman–Crippen LogP) is 2.53. The fourth-order valence-corrected chi connectivity index (χ4v) is 3.89. The summed E-state index contributed by atoms with van der Waals surface area (Å²) in [4.78, 5) is 0.0268. The largest absolute Gasteiger partial charge is 0.573 e. The maximum absolute atomic E-state index is 12.3. The number of hydrogen-bond donors (Lipinski definition) is 1. The number of ether oxygens (including phenoxy) is 1. The highest BCUT2D eigenvalue weighted by Crippen LogP contribution is 2.27. The molecule has 1 aromatic carbocycles. The van der Waals surface area contributed by atoms with E-state index in [1.807, 2.05) is 0 Å². The zero-order valence-electron chi connectivity index (χ0n) is 10.9. The summed E-state index contributed by atoms with van der Waals surface area (Å²) in [5.74, 6) is -0.429. The van der Waals surface area contributed by atoms with Crippen LogP contribution in [0, 0.1) is 0 Å². The van der Waals surface area contributed by atoms with E-state index in [0.29, 0.717) is 25.9 Å². The molecule has 9 heteroatoms. The summed E-state index contributed by atoms with van der Waals surface area (Å²) in [7, 11) is -3.50. The number of rotatable bonds is 3. The van der Waals surface area contributed by atoms with E-state index >= 15 is 0 Å². The van der Waals surface area contributed by atoms with Crippen LogP contribution in [0.3, 0.4) is 0 Å². The molecule has 2 rings (SSSR count). The molecular weight excluding hydrogens is 331 g/mol. The summed E-state index contributed by atoms with van der Waals surface area (Å²) in [5, 5.41) is 2.58. The summed E-state index contributed by atoms with van der Waals surface area (Å²) < 4.78 is 64.4. The van der Waals surface area contributed by atoms with Crippen LogP contribution in [0.25, 0.3) is 0 Å². The van der Waals surface area contributed by atoms with Crippen molar-refractivity contribution in [1.82, 2.24) is 5.32 Å². The second-order valence-electron chi connectivity index (χ2n) is 4.51. The van der Waals surface area contributed by atoms with Crippen molar-refractivity contribution < 1.29 is 26.3 Å². The monoisotopic (exact) mass is 345 g/mol. The molecule has 1 aliphatic rings. The summed E-state index contributed by atoms with van der Waals surface area (Å²) in [6.07, 6.45) is -3.78. The van der Waals surface area contributed by atoms with Gasteiger partial charge in [0.2, 0.25) is 0 Å². The SMILES string of the molecule is Cl.O=S(=O)(c1ccc(OC(F)(F)F)cc1)C1CCNCC1. The van der Waals surface area contributed by atoms with Gasteiger partial charge in [0.25, 0.3) is 0 Å². The molecule has 1 fully saturated rings. The van der Waals surface area contributed by atoms with Crippen LogP contribution < -0.4 is 10.1 Å². The lowest BCUT2D eigenvalue weighted by Gasteiger charge is -2.22. The van der Waals surface area contributed by atoms with Crippen LogP contribution in [0.15, 0.2) is 29.2 Å². The Morgan fingerprint density at radius 1 is 1.10 bits per heavy atom. The first kappa shape index (κ1) is 18.1. The lowest BCUT2D eigenvalue weighted by Crippen LogP contribution is -2.35. The van der Waals surface area contributed by atoms with Crippen LogP contribution in [-0.4, -0.2) is 33.1 Å². The predicted molar refractivity (Wildman–Crippen MR) is 73.5 cm³/mol. The highest BCUT2D eigenvalue weighted by atomic mass is 35.5. The van der Waals surface area contributed by atoms with Crippen molar-refractivity contribution in [3.8, 4) is 5.75 Å². The topological polar surface area (TPSA) is 55.4 Å². The zero-order valence-corrected chi connectivity index (χ0v) is 12.5. The Labute approximate surface area is 127 Å². The Morgan fingerprint density at radius 2 is 1.62 bits per heavy atom. The second-order valence-corrected chi connectivity index (χ2v) is 6.74. The van der Waals surface area contributed by atoms with Gasteiger partial charge in [0.05, 0.1) is 10.1 Å². The fraction of sp³-hybridized carbons (Fsp3) is 0.500. The van der Waals surface area contributed by atoms with Gasteiger partial charge in [0.15, 0.2) is 9.84 Å². The van der Waals surface area contributed by atoms with Gasteiger partial charge in [-0.2, -0.15) is 0 Å². The number of halogens is 4. The van der Waals surface area contributed by atoms with Crippen LogP contribution in [0.5, 0.6) is 5.75 Å². The average molecular weight is 346 g/mol. The van der Waals surface area contributed by atoms with Gasteiger partial charge in [-0.15, -0.1) is 25.6 Å². The molecule has 1 aromatic rings. The van der Waals surface area contributed by atoms with Gasteiger partial charge in [-0.05, 0) is 50.2 Å². The van der Waals surface area contributed by atoms with Crippen molar-refractivity contribution >= 4 is 22.2 Å². The molecule has 0 aromatic heterocycles. The number of sulfone groups is 1. The quantitative estimate of drug-likeness (QED) is 0.914. The molecule has 1 N–H and O–H groups in total. The molecule has 1 saturated heterocycles. The van der Waals surface area contributed by atoms with Gasteiger partial charge < -0.3 is 10.1 Å². The van der Waals surface area contributed by atoms with Crippen molar-refractivity contribution in [2.45, 2.75) is 29.3 Å². The van der Waals surface area contributed by atoms with Gasteiger partial charge in [-0.25, -0.2) is 8.42 Å². The van der Waals surface area contributed by atoms with Gasteiger partial charge in [-0.1, -0.05) is 0 Å². The Balaban J connectivity index is 0.00000220. The minimum Gasteiger partial charge on any atom is -0.406 e. The summed E-state index contributed by atoms with van der Waals surface area (Å²) in [6, 6.07) is 4.33. The van der Waals surface area contributed by atoms with Crippen LogP contribution >= 0.6 is 12.4 Å². The fourth-order valence-electron chi connectivity index (χ4n) is 2.13. The van der Waals surface area contributed by atoms with E-state index in [1.54, 1.807) is 0 Å². The third-order valence-corrected chi connectivity index (χ3v) is 5.39. The average Bonchev–Trinajstić information content (AvgIpc) is 2.38. The van der Waals surface area contributed by atoms with E-state index in [2.05, 4.69) is 10.1 Å². The van der Waals surface area contributed by atoms with Crippen molar-refractivity contribution in [2.24, 2.45) is 0 Å². The zero-order chi connectivity index (χ0) is 14.8. The molecule has 0 aliphatic carbocycles.